The molecule has 0 saturated carbocycles. The first-order valence-corrected chi connectivity index (χ1v) is 9.58. The van der Waals surface area contributed by atoms with Gasteiger partial charge in [-0.1, -0.05) is 54.2 Å². The molecule has 25 heavy (non-hydrogen) atoms. The van der Waals surface area contributed by atoms with E-state index < -0.39 is 0 Å². The van der Waals surface area contributed by atoms with E-state index in [4.69, 9.17) is 9.72 Å². The molecule has 0 radical (unpaired) electrons. The number of para-hydroxylation sites is 1. The molecule has 0 N–H and O–H groups in total. The Bertz CT molecular complexity index is 918. The molecule has 1 aliphatic rings. The number of rotatable bonds is 5. The molecule has 2 aromatic carbocycles. The molecule has 1 fully saturated rings. The van der Waals surface area contributed by atoms with Crippen LogP contribution in [0.4, 0.5) is 0 Å². The molecule has 1 saturated heterocycles. The molecule has 5 heteroatoms. The van der Waals surface area contributed by atoms with Gasteiger partial charge in [-0.2, -0.15) is 0 Å². The summed E-state index contributed by atoms with van der Waals surface area (Å²) in [6.07, 6.45) is 2.47. The number of fused-ring (bicyclic) bond motifs is 1. The second kappa shape index (κ2) is 7.42. The summed E-state index contributed by atoms with van der Waals surface area (Å²) in [6.45, 7) is 1.37. The molecule has 1 atom stereocenters. The third-order valence-electron chi connectivity index (χ3n) is 4.43. The first-order chi connectivity index (χ1) is 12.3. The molecule has 2 heterocycles. The molecule has 128 valence electrons. The molecule has 0 bridgehead atoms. The molecule has 1 aliphatic heterocycles. The van der Waals surface area contributed by atoms with Gasteiger partial charge < -0.3 is 4.74 Å². The van der Waals surface area contributed by atoms with Crippen LogP contribution in [0.25, 0.3) is 10.9 Å². The maximum Gasteiger partial charge on any atom is 0.262 e. The van der Waals surface area contributed by atoms with Crippen molar-refractivity contribution >= 4 is 22.7 Å². The molecule has 0 amide bonds. The Hall–Kier alpha value is -2.11. The van der Waals surface area contributed by atoms with Gasteiger partial charge in [0.25, 0.3) is 5.56 Å². The molecule has 0 spiro atoms. The Labute approximate surface area is 150 Å². The van der Waals surface area contributed by atoms with Crippen LogP contribution in [0.1, 0.15) is 18.4 Å². The van der Waals surface area contributed by atoms with Gasteiger partial charge in [-0.3, -0.25) is 9.36 Å². The Balaban J connectivity index is 1.72. The molecule has 0 unspecified atom stereocenters. The van der Waals surface area contributed by atoms with Gasteiger partial charge in [0.1, 0.15) is 0 Å². The maximum absolute atomic E-state index is 13.0. The zero-order chi connectivity index (χ0) is 17.1. The molecule has 4 nitrogen and oxygen atoms in total. The van der Waals surface area contributed by atoms with E-state index in [0.29, 0.717) is 11.9 Å². The van der Waals surface area contributed by atoms with Crippen molar-refractivity contribution in [3.05, 3.63) is 70.5 Å². The predicted octanol–water partition coefficient (Wildman–Crippen LogP) is 3.72. The van der Waals surface area contributed by atoms with E-state index >= 15 is 0 Å². The summed E-state index contributed by atoms with van der Waals surface area (Å²) < 4.78 is 7.50. The summed E-state index contributed by atoms with van der Waals surface area (Å²) >= 11 is 1.62. The Kier molecular flexibility index (Phi) is 4.85. The van der Waals surface area contributed by atoms with Crippen molar-refractivity contribution in [2.75, 3.05) is 12.4 Å². The van der Waals surface area contributed by atoms with Crippen molar-refractivity contribution in [2.24, 2.45) is 0 Å². The lowest BCUT2D eigenvalue weighted by atomic mass is 10.2. The smallest absolute Gasteiger partial charge is 0.262 e. The van der Waals surface area contributed by atoms with E-state index in [1.807, 2.05) is 54.6 Å². The fourth-order valence-electron chi connectivity index (χ4n) is 3.11. The van der Waals surface area contributed by atoms with Crippen LogP contribution >= 0.6 is 11.8 Å². The van der Waals surface area contributed by atoms with Crippen molar-refractivity contribution in [2.45, 2.75) is 30.6 Å². The third-order valence-corrected chi connectivity index (χ3v) is 5.54. The Morgan fingerprint density at radius 2 is 1.92 bits per heavy atom. The predicted molar refractivity (Wildman–Crippen MR) is 101 cm³/mol. The Morgan fingerprint density at radius 1 is 1.12 bits per heavy atom. The van der Waals surface area contributed by atoms with Crippen LogP contribution in [0.2, 0.25) is 0 Å². The Morgan fingerprint density at radius 3 is 2.72 bits per heavy atom. The second-order valence-electron chi connectivity index (χ2n) is 6.23. The van der Waals surface area contributed by atoms with E-state index in [1.54, 1.807) is 16.3 Å². The number of benzene rings is 2. The van der Waals surface area contributed by atoms with Gasteiger partial charge in [0, 0.05) is 12.4 Å². The highest BCUT2D eigenvalue weighted by atomic mass is 32.2. The van der Waals surface area contributed by atoms with Crippen molar-refractivity contribution in [1.29, 1.82) is 0 Å². The van der Waals surface area contributed by atoms with E-state index in [9.17, 15) is 4.79 Å². The van der Waals surface area contributed by atoms with Crippen molar-refractivity contribution in [3.8, 4) is 0 Å². The highest BCUT2D eigenvalue weighted by Crippen LogP contribution is 2.23. The number of thioether (sulfide) groups is 1. The van der Waals surface area contributed by atoms with Gasteiger partial charge in [0.15, 0.2) is 5.16 Å². The molecule has 4 rings (SSSR count). The highest BCUT2D eigenvalue weighted by molar-refractivity contribution is 7.99. The normalized spacial score (nSPS) is 17.2. The van der Waals surface area contributed by atoms with Gasteiger partial charge in [-0.25, -0.2) is 4.98 Å². The molecular weight excluding hydrogens is 332 g/mol. The van der Waals surface area contributed by atoms with Gasteiger partial charge >= 0.3 is 0 Å². The number of hydrogen-bond donors (Lipinski definition) is 0. The van der Waals surface area contributed by atoms with Crippen LogP contribution in [-0.2, 0) is 11.3 Å². The first kappa shape index (κ1) is 16.4. The monoisotopic (exact) mass is 352 g/mol. The molecule has 0 aliphatic carbocycles. The van der Waals surface area contributed by atoms with Gasteiger partial charge in [-0.05, 0) is 30.5 Å². The number of nitrogens with zero attached hydrogens (tertiary/aromatic N) is 2. The van der Waals surface area contributed by atoms with Crippen molar-refractivity contribution in [3.63, 3.8) is 0 Å². The van der Waals surface area contributed by atoms with E-state index in [0.717, 1.165) is 41.4 Å². The summed E-state index contributed by atoms with van der Waals surface area (Å²) in [6, 6.07) is 17.6. The van der Waals surface area contributed by atoms with Crippen molar-refractivity contribution in [1.82, 2.24) is 9.55 Å². The van der Waals surface area contributed by atoms with Crippen LogP contribution in [0.3, 0.4) is 0 Å². The zero-order valence-electron chi connectivity index (χ0n) is 13.9. The summed E-state index contributed by atoms with van der Waals surface area (Å²) in [5.74, 6) is 0.833. The van der Waals surface area contributed by atoms with E-state index in [1.165, 1.54) is 0 Å². The third kappa shape index (κ3) is 3.62. The quantitative estimate of drug-likeness (QED) is 0.519. The summed E-state index contributed by atoms with van der Waals surface area (Å²) in [4.78, 5) is 17.8. The standard InChI is InChI=1S/C20H20N2O2S/c23-19-17-10-4-5-11-18(17)21-20(25-14-16-9-6-12-24-16)22(19)13-15-7-2-1-3-8-15/h1-5,7-8,10-11,16H,6,9,12-14H2/t16-/m0/s1. The van der Waals surface area contributed by atoms with Crippen LogP contribution in [0.15, 0.2) is 64.5 Å². The topological polar surface area (TPSA) is 44.1 Å². The lowest BCUT2D eigenvalue weighted by Crippen LogP contribution is -2.24. The highest BCUT2D eigenvalue weighted by Gasteiger charge is 2.18. The van der Waals surface area contributed by atoms with Gasteiger partial charge in [0.05, 0.1) is 23.6 Å². The number of ether oxygens (including phenoxy) is 1. The maximum atomic E-state index is 13.0. The molecule has 3 aromatic rings. The summed E-state index contributed by atoms with van der Waals surface area (Å²) in [5.41, 5.74) is 1.87. The fourth-order valence-corrected chi connectivity index (χ4v) is 4.17. The number of hydrogen-bond acceptors (Lipinski definition) is 4. The second-order valence-corrected chi connectivity index (χ2v) is 7.22. The zero-order valence-corrected chi connectivity index (χ0v) is 14.7. The largest absolute Gasteiger partial charge is 0.377 e. The SMILES string of the molecule is O=c1c2ccccc2nc(SC[C@@H]2CCCO2)n1Cc1ccccc1. The van der Waals surface area contributed by atoms with Gasteiger partial charge in [-0.15, -0.1) is 0 Å². The molecular formula is C20H20N2O2S. The number of aromatic nitrogens is 2. The minimum absolute atomic E-state index is 0.0179. The minimum Gasteiger partial charge on any atom is -0.377 e. The summed E-state index contributed by atoms with van der Waals surface area (Å²) in [5, 5.41) is 1.43. The van der Waals surface area contributed by atoms with E-state index in [-0.39, 0.29) is 11.7 Å². The van der Waals surface area contributed by atoms with Crippen LogP contribution in [0, 0.1) is 0 Å². The lowest BCUT2D eigenvalue weighted by Gasteiger charge is -2.15. The average Bonchev–Trinajstić information content (AvgIpc) is 3.17. The van der Waals surface area contributed by atoms with E-state index in [2.05, 4.69) is 0 Å². The van der Waals surface area contributed by atoms with Crippen LogP contribution in [0.5, 0.6) is 0 Å². The van der Waals surface area contributed by atoms with Gasteiger partial charge in [0.2, 0.25) is 0 Å². The van der Waals surface area contributed by atoms with Crippen molar-refractivity contribution < 1.29 is 4.74 Å². The summed E-state index contributed by atoms with van der Waals surface area (Å²) in [7, 11) is 0. The average molecular weight is 352 g/mol. The first-order valence-electron chi connectivity index (χ1n) is 8.59. The van der Waals surface area contributed by atoms with Crippen LogP contribution < -0.4 is 5.56 Å². The lowest BCUT2D eigenvalue weighted by molar-refractivity contribution is 0.129. The van der Waals surface area contributed by atoms with Crippen LogP contribution in [-0.4, -0.2) is 28.0 Å². The fraction of sp³-hybridized carbons (Fsp3) is 0.300. The molecule has 1 aromatic heterocycles. The minimum atomic E-state index is 0.0179.